The number of hydrogen-bond acceptors (Lipinski definition) is 4. The van der Waals surface area contributed by atoms with Crippen molar-refractivity contribution in [3.05, 3.63) is 71.5 Å². The van der Waals surface area contributed by atoms with Gasteiger partial charge in [-0.05, 0) is 54.8 Å². The summed E-state index contributed by atoms with van der Waals surface area (Å²) in [6.45, 7) is 3.82. The maximum absolute atomic E-state index is 12.7. The minimum Gasteiger partial charge on any atom is -0.350 e. The summed E-state index contributed by atoms with van der Waals surface area (Å²) in [7, 11) is 0. The molecule has 2 aromatic carbocycles. The van der Waals surface area contributed by atoms with Crippen LogP contribution in [-0.2, 0) is 6.42 Å². The second-order valence-corrected chi connectivity index (χ2v) is 6.05. The van der Waals surface area contributed by atoms with Gasteiger partial charge in [0.05, 0.1) is 11.3 Å². The Morgan fingerprint density at radius 1 is 1.12 bits per heavy atom. The molecule has 3 rings (SSSR count). The molecule has 6 heteroatoms. The van der Waals surface area contributed by atoms with Crippen molar-refractivity contribution >= 4 is 5.91 Å². The first kappa shape index (κ1) is 16.8. The number of hydrogen-bond donors (Lipinski definition) is 1. The van der Waals surface area contributed by atoms with Crippen molar-refractivity contribution in [2.24, 2.45) is 0 Å². The summed E-state index contributed by atoms with van der Waals surface area (Å²) in [4.78, 5) is 12.7. The van der Waals surface area contributed by atoms with Gasteiger partial charge >= 0.3 is 0 Å². The van der Waals surface area contributed by atoms with Crippen LogP contribution in [0.15, 0.2) is 54.6 Å². The number of nitrogens with zero attached hydrogens (tertiary/aromatic N) is 4. The monoisotopic (exact) mass is 335 g/mol. The minimum absolute atomic E-state index is 0.0655. The molecule has 0 fully saturated rings. The summed E-state index contributed by atoms with van der Waals surface area (Å²) < 4.78 is 1.57. The third-order valence-corrected chi connectivity index (χ3v) is 4.09. The second kappa shape index (κ2) is 7.70. The molecule has 3 aromatic rings. The fourth-order valence-electron chi connectivity index (χ4n) is 2.71. The van der Waals surface area contributed by atoms with Gasteiger partial charge in [-0.1, -0.05) is 42.5 Å². The lowest BCUT2D eigenvalue weighted by atomic mass is 10.1. The molecule has 1 N–H and O–H groups in total. The third-order valence-electron chi connectivity index (χ3n) is 4.09. The van der Waals surface area contributed by atoms with Crippen LogP contribution in [0.3, 0.4) is 0 Å². The smallest absolute Gasteiger partial charge is 0.253 e. The van der Waals surface area contributed by atoms with Gasteiger partial charge in [0.25, 0.3) is 5.91 Å². The maximum atomic E-state index is 12.7. The lowest BCUT2D eigenvalue weighted by Crippen LogP contribution is -2.33. The van der Waals surface area contributed by atoms with E-state index in [0.29, 0.717) is 17.1 Å². The van der Waals surface area contributed by atoms with Crippen molar-refractivity contribution in [1.82, 2.24) is 25.5 Å². The van der Waals surface area contributed by atoms with Crippen molar-refractivity contribution in [3.8, 4) is 5.69 Å². The average molecular weight is 335 g/mol. The molecule has 0 spiro atoms. The quantitative estimate of drug-likeness (QED) is 0.752. The Balaban J connectivity index is 1.68. The van der Waals surface area contributed by atoms with E-state index in [0.717, 1.165) is 12.8 Å². The summed E-state index contributed by atoms with van der Waals surface area (Å²) in [6.07, 6.45) is 1.80. The fraction of sp³-hybridized carbons (Fsp3) is 0.263. The lowest BCUT2D eigenvalue weighted by Gasteiger charge is -2.15. The molecule has 0 saturated carbocycles. The summed E-state index contributed by atoms with van der Waals surface area (Å²) >= 11 is 0. The van der Waals surface area contributed by atoms with E-state index < -0.39 is 0 Å². The minimum atomic E-state index is -0.119. The molecular formula is C19H21N5O. The number of amides is 1. The number of nitrogens with one attached hydrogen (secondary N) is 1. The third kappa shape index (κ3) is 4.09. The summed E-state index contributed by atoms with van der Waals surface area (Å²) in [5.74, 6) is 0.517. The Kier molecular flexibility index (Phi) is 5.18. The standard InChI is InChI=1S/C19H21N5O/c1-14(12-13-16-8-4-3-5-9-16)20-19(25)17-10-6-7-11-18(17)24-15(2)21-22-23-24/h3-11,14H,12-13H2,1-2H3,(H,20,25)/t14-/m0/s1. The van der Waals surface area contributed by atoms with E-state index in [1.165, 1.54) is 5.56 Å². The van der Waals surface area contributed by atoms with Crippen LogP contribution in [-0.4, -0.2) is 32.2 Å². The predicted octanol–water partition coefficient (Wildman–Crippen LogP) is 2.72. The number of carbonyl (C=O) groups excluding carboxylic acids is 1. The molecule has 1 aromatic heterocycles. The van der Waals surface area contributed by atoms with Gasteiger partial charge in [-0.15, -0.1) is 5.10 Å². The molecule has 0 aliphatic carbocycles. The van der Waals surface area contributed by atoms with Crippen molar-refractivity contribution < 1.29 is 4.79 Å². The van der Waals surface area contributed by atoms with E-state index in [-0.39, 0.29) is 11.9 Å². The molecule has 0 aliphatic heterocycles. The van der Waals surface area contributed by atoms with E-state index in [2.05, 4.69) is 33.0 Å². The van der Waals surface area contributed by atoms with Gasteiger partial charge in [-0.25, -0.2) is 0 Å². The van der Waals surface area contributed by atoms with Gasteiger partial charge in [-0.3, -0.25) is 4.79 Å². The number of carbonyl (C=O) groups is 1. The Hall–Kier alpha value is -3.02. The highest BCUT2D eigenvalue weighted by Crippen LogP contribution is 2.15. The average Bonchev–Trinajstić information content (AvgIpc) is 3.06. The normalized spacial score (nSPS) is 11.9. The zero-order valence-corrected chi connectivity index (χ0v) is 14.4. The number of aromatic nitrogens is 4. The van der Waals surface area contributed by atoms with Crippen LogP contribution in [0.2, 0.25) is 0 Å². The van der Waals surface area contributed by atoms with Crippen LogP contribution in [0, 0.1) is 6.92 Å². The zero-order valence-electron chi connectivity index (χ0n) is 14.4. The molecule has 0 aliphatic rings. The van der Waals surface area contributed by atoms with Crippen molar-refractivity contribution in [2.75, 3.05) is 0 Å². The number of tetrazole rings is 1. The zero-order chi connectivity index (χ0) is 17.6. The van der Waals surface area contributed by atoms with Gasteiger partial charge in [0.15, 0.2) is 5.82 Å². The number of para-hydroxylation sites is 1. The Morgan fingerprint density at radius 2 is 1.84 bits per heavy atom. The van der Waals surface area contributed by atoms with Crippen molar-refractivity contribution in [1.29, 1.82) is 0 Å². The number of rotatable bonds is 6. The van der Waals surface area contributed by atoms with Crippen molar-refractivity contribution in [3.63, 3.8) is 0 Å². The molecule has 0 radical (unpaired) electrons. The summed E-state index contributed by atoms with van der Waals surface area (Å²) in [6, 6.07) is 17.7. The molecule has 0 saturated heterocycles. The first-order valence-electron chi connectivity index (χ1n) is 8.34. The highest BCUT2D eigenvalue weighted by Gasteiger charge is 2.16. The van der Waals surface area contributed by atoms with Crippen molar-refractivity contribution in [2.45, 2.75) is 32.7 Å². The number of benzene rings is 2. The molecule has 1 amide bonds. The van der Waals surface area contributed by atoms with E-state index in [4.69, 9.17) is 0 Å². The van der Waals surface area contributed by atoms with Gasteiger partial charge in [-0.2, -0.15) is 4.68 Å². The summed E-state index contributed by atoms with van der Waals surface area (Å²) in [5.41, 5.74) is 2.51. The van der Waals surface area contributed by atoms with Crippen LogP contribution in [0.25, 0.3) is 5.69 Å². The topological polar surface area (TPSA) is 72.7 Å². The first-order valence-corrected chi connectivity index (χ1v) is 8.34. The largest absolute Gasteiger partial charge is 0.350 e. The Morgan fingerprint density at radius 3 is 2.56 bits per heavy atom. The van der Waals surface area contributed by atoms with Crippen LogP contribution in [0.1, 0.15) is 35.1 Å². The van der Waals surface area contributed by atoms with E-state index >= 15 is 0 Å². The Bertz CT molecular complexity index is 844. The van der Waals surface area contributed by atoms with Gasteiger partial charge in [0.2, 0.25) is 0 Å². The van der Waals surface area contributed by atoms with Crippen LogP contribution in [0.4, 0.5) is 0 Å². The fourth-order valence-corrected chi connectivity index (χ4v) is 2.71. The summed E-state index contributed by atoms with van der Waals surface area (Å²) in [5, 5.41) is 14.6. The highest BCUT2D eigenvalue weighted by molar-refractivity contribution is 5.97. The molecule has 25 heavy (non-hydrogen) atoms. The van der Waals surface area contributed by atoms with E-state index in [1.54, 1.807) is 17.7 Å². The molecule has 1 atom stereocenters. The molecule has 1 heterocycles. The van der Waals surface area contributed by atoms with E-state index in [1.807, 2.05) is 43.3 Å². The van der Waals surface area contributed by atoms with Gasteiger partial charge in [0.1, 0.15) is 0 Å². The van der Waals surface area contributed by atoms with Crippen LogP contribution in [0.5, 0.6) is 0 Å². The van der Waals surface area contributed by atoms with E-state index in [9.17, 15) is 4.79 Å². The molecule has 6 nitrogen and oxygen atoms in total. The predicted molar refractivity (Wildman–Crippen MR) is 95.6 cm³/mol. The van der Waals surface area contributed by atoms with Gasteiger partial charge in [0, 0.05) is 6.04 Å². The van der Waals surface area contributed by atoms with Crippen LogP contribution >= 0.6 is 0 Å². The first-order chi connectivity index (χ1) is 12.1. The highest BCUT2D eigenvalue weighted by atomic mass is 16.1. The maximum Gasteiger partial charge on any atom is 0.253 e. The van der Waals surface area contributed by atoms with Gasteiger partial charge < -0.3 is 5.32 Å². The Labute approximate surface area is 146 Å². The second-order valence-electron chi connectivity index (χ2n) is 6.05. The van der Waals surface area contributed by atoms with Crippen LogP contribution < -0.4 is 5.32 Å². The number of aryl methyl sites for hydroxylation is 2. The molecule has 0 unspecified atom stereocenters. The SMILES string of the molecule is Cc1nnnn1-c1ccccc1C(=O)N[C@@H](C)CCc1ccccc1. The molecule has 0 bridgehead atoms. The lowest BCUT2D eigenvalue weighted by molar-refractivity contribution is 0.0938. The molecular weight excluding hydrogens is 314 g/mol. The molecule has 128 valence electrons.